The van der Waals surface area contributed by atoms with Gasteiger partial charge in [0.2, 0.25) is 0 Å². The third-order valence-corrected chi connectivity index (χ3v) is 4.39. The lowest BCUT2D eigenvalue weighted by Gasteiger charge is -2.20. The number of fused-ring (bicyclic) bond motifs is 1. The number of hydrogen-bond donors (Lipinski definition) is 1. The normalized spacial score (nSPS) is 12.6. The van der Waals surface area contributed by atoms with Crippen LogP contribution in [0, 0.1) is 0 Å². The summed E-state index contributed by atoms with van der Waals surface area (Å²) in [5.74, 6) is 0. The molecule has 108 valence electrons. The van der Waals surface area contributed by atoms with Crippen LogP contribution in [0.4, 0.5) is 0 Å². The van der Waals surface area contributed by atoms with Gasteiger partial charge in [-0.05, 0) is 30.7 Å². The first kappa shape index (κ1) is 14.2. The zero-order chi connectivity index (χ0) is 14.5. The van der Waals surface area contributed by atoms with Gasteiger partial charge in [-0.3, -0.25) is 9.97 Å². The van der Waals surface area contributed by atoms with Crippen molar-refractivity contribution in [3.8, 4) is 0 Å². The summed E-state index contributed by atoms with van der Waals surface area (Å²) in [4.78, 5) is 9.96. The van der Waals surface area contributed by atoms with Crippen LogP contribution < -0.4 is 5.32 Å². The van der Waals surface area contributed by atoms with Crippen LogP contribution in [-0.4, -0.2) is 16.5 Å². The molecule has 0 fully saturated rings. The number of thiazole rings is 1. The van der Waals surface area contributed by atoms with Crippen molar-refractivity contribution < 1.29 is 0 Å². The van der Waals surface area contributed by atoms with E-state index in [0.29, 0.717) is 6.04 Å². The summed E-state index contributed by atoms with van der Waals surface area (Å²) in [7, 11) is 0. The van der Waals surface area contributed by atoms with E-state index in [1.807, 2.05) is 24.0 Å². The Balaban J connectivity index is 1.97. The molecule has 0 amide bonds. The van der Waals surface area contributed by atoms with E-state index < -0.39 is 0 Å². The topological polar surface area (TPSA) is 37.8 Å². The number of benzene rings is 1. The zero-order valence-electron chi connectivity index (χ0n) is 12.1. The highest BCUT2D eigenvalue weighted by molar-refractivity contribution is 7.09. The Labute approximate surface area is 129 Å². The maximum atomic E-state index is 4.46. The third kappa shape index (κ3) is 3.28. The summed E-state index contributed by atoms with van der Waals surface area (Å²) in [6.07, 6.45) is 5.92. The summed E-state index contributed by atoms with van der Waals surface area (Å²) < 4.78 is 0. The molecule has 21 heavy (non-hydrogen) atoms. The molecule has 0 radical (unpaired) electrons. The molecule has 2 aromatic heterocycles. The summed E-state index contributed by atoms with van der Waals surface area (Å²) in [5.41, 5.74) is 4.28. The van der Waals surface area contributed by atoms with Crippen molar-refractivity contribution in [1.29, 1.82) is 0 Å². The van der Waals surface area contributed by atoms with Gasteiger partial charge in [-0.25, -0.2) is 0 Å². The summed E-state index contributed by atoms with van der Waals surface area (Å²) in [6, 6.07) is 10.8. The monoisotopic (exact) mass is 297 g/mol. The van der Waals surface area contributed by atoms with Gasteiger partial charge >= 0.3 is 0 Å². The first-order valence-corrected chi connectivity index (χ1v) is 8.21. The van der Waals surface area contributed by atoms with Crippen molar-refractivity contribution in [3.63, 3.8) is 0 Å². The van der Waals surface area contributed by atoms with Gasteiger partial charge in [0.25, 0.3) is 0 Å². The number of nitrogens with one attached hydrogen (secondary N) is 1. The molecule has 3 aromatic rings. The quantitative estimate of drug-likeness (QED) is 0.748. The Bertz CT molecular complexity index is 689. The van der Waals surface area contributed by atoms with Crippen molar-refractivity contribution >= 4 is 22.2 Å². The lowest BCUT2D eigenvalue weighted by atomic mass is 9.98. The molecule has 0 aliphatic rings. The van der Waals surface area contributed by atoms with Gasteiger partial charge < -0.3 is 5.32 Å². The molecule has 4 heteroatoms. The minimum atomic E-state index is 0.304. The molecule has 2 heterocycles. The predicted molar refractivity (Wildman–Crippen MR) is 88.6 cm³/mol. The highest BCUT2D eigenvalue weighted by Gasteiger charge is 2.15. The van der Waals surface area contributed by atoms with Crippen molar-refractivity contribution in [3.05, 3.63) is 58.7 Å². The number of nitrogens with zero attached hydrogens (tertiary/aromatic N) is 2. The van der Waals surface area contributed by atoms with E-state index in [4.69, 9.17) is 0 Å². The van der Waals surface area contributed by atoms with E-state index in [9.17, 15) is 0 Å². The van der Waals surface area contributed by atoms with Crippen molar-refractivity contribution in [1.82, 2.24) is 15.3 Å². The summed E-state index contributed by atoms with van der Waals surface area (Å²) in [5, 5.41) is 4.90. The van der Waals surface area contributed by atoms with Crippen molar-refractivity contribution in [2.24, 2.45) is 0 Å². The molecule has 0 spiro atoms. The maximum absolute atomic E-state index is 4.46. The fourth-order valence-corrected chi connectivity index (χ4v) is 3.23. The van der Waals surface area contributed by atoms with Crippen LogP contribution in [0.3, 0.4) is 0 Å². The van der Waals surface area contributed by atoms with Gasteiger partial charge in [-0.15, -0.1) is 11.3 Å². The van der Waals surface area contributed by atoms with E-state index >= 15 is 0 Å². The molecule has 0 aliphatic carbocycles. The second kappa shape index (κ2) is 6.78. The van der Waals surface area contributed by atoms with Gasteiger partial charge in [0.1, 0.15) is 0 Å². The average molecular weight is 297 g/mol. The van der Waals surface area contributed by atoms with Crippen LogP contribution in [0.2, 0.25) is 0 Å². The molecule has 0 saturated carbocycles. The van der Waals surface area contributed by atoms with Crippen LogP contribution in [-0.2, 0) is 6.42 Å². The largest absolute Gasteiger partial charge is 0.310 e. The average Bonchev–Trinajstić information content (AvgIpc) is 3.04. The highest BCUT2D eigenvalue weighted by Crippen LogP contribution is 2.26. The lowest BCUT2D eigenvalue weighted by molar-refractivity contribution is 0.535. The Morgan fingerprint density at radius 2 is 2.19 bits per heavy atom. The van der Waals surface area contributed by atoms with E-state index in [1.165, 1.54) is 15.8 Å². The Morgan fingerprint density at radius 3 is 3.00 bits per heavy atom. The lowest BCUT2D eigenvalue weighted by Crippen LogP contribution is -2.24. The molecular weight excluding hydrogens is 278 g/mol. The minimum absolute atomic E-state index is 0.304. The first-order valence-electron chi connectivity index (χ1n) is 7.33. The third-order valence-electron chi connectivity index (χ3n) is 3.58. The number of pyridine rings is 1. The molecule has 1 aromatic carbocycles. The Kier molecular flexibility index (Phi) is 4.58. The first-order chi connectivity index (χ1) is 10.4. The van der Waals surface area contributed by atoms with Gasteiger partial charge in [0.15, 0.2) is 0 Å². The van der Waals surface area contributed by atoms with Gasteiger partial charge in [0.05, 0.1) is 11.0 Å². The maximum Gasteiger partial charge on any atom is 0.0794 e. The number of aromatic nitrogens is 2. The Morgan fingerprint density at radius 1 is 1.24 bits per heavy atom. The SMILES string of the molecule is CCCNC(Cc1cncs1)c1cccc2ncccc12. The van der Waals surface area contributed by atoms with Crippen LogP contribution in [0.15, 0.2) is 48.2 Å². The minimum Gasteiger partial charge on any atom is -0.310 e. The number of hydrogen-bond acceptors (Lipinski definition) is 4. The zero-order valence-corrected chi connectivity index (χ0v) is 12.9. The molecule has 0 saturated heterocycles. The molecule has 0 bridgehead atoms. The van der Waals surface area contributed by atoms with Crippen molar-refractivity contribution in [2.45, 2.75) is 25.8 Å². The molecule has 3 nitrogen and oxygen atoms in total. The molecular formula is C17H19N3S. The standard InChI is InChI=1S/C17H19N3S/c1-2-8-19-17(10-13-11-18-12-21-13)15-5-3-7-16-14(15)6-4-9-20-16/h3-7,9,11-12,17,19H,2,8,10H2,1H3. The highest BCUT2D eigenvalue weighted by atomic mass is 32.1. The van der Waals surface area contributed by atoms with Crippen LogP contribution >= 0.6 is 11.3 Å². The van der Waals surface area contributed by atoms with Gasteiger partial charge in [0, 0.05) is 35.1 Å². The summed E-state index contributed by atoms with van der Waals surface area (Å²) in [6.45, 7) is 3.21. The fourth-order valence-electron chi connectivity index (χ4n) is 2.59. The molecule has 3 rings (SSSR count). The van der Waals surface area contributed by atoms with Gasteiger partial charge in [-0.1, -0.05) is 25.1 Å². The second-order valence-electron chi connectivity index (χ2n) is 5.10. The summed E-state index contributed by atoms with van der Waals surface area (Å²) >= 11 is 1.72. The molecule has 1 atom stereocenters. The predicted octanol–water partition coefficient (Wildman–Crippen LogP) is 3.97. The fraction of sp³-hybridized carbons (Fsp3) is 0.294. The van der Waals surface area contributed by atoms with Crippen LogP contribution in [0.5, 0.6) is 0 Å². The Hall–Kier alpha value is -1.78. The smallest absolute Gasteiger partial charge is 0.0794 e. The van der Waals surface area contributed by atoms with Crippen LogP contribution in [0.25, 0.3) is 10.9 Å². The van der Waals surface area contributed by atoms with Gasteiger partial charge in [-0.2, -0.15) is 0 Å². The number of rotatable bonds is 6. The van der Waals surface area contributed by atoms with E-state index in [2.05, 4.69) is 46.5 Å². The van der Waals surface area contributed by atoms with E-state index in [1.54, 1.807) is 11.3 Å². The van der Waals surface area contributed by atoms with Crippen LogP contribution in [0.1, 0.15) is 29.8 Å². The van der Waals surface area contributed by atoms with E-state index in [0.717, 1.165) is 24.9 Å². The molecule has 0 aliphatic heterocycles. The molecule has 1 unspecified atom stereocenters. The van der Waals surface area contributed by atoms with E-state index in [-0.39, 0.29) is 0 Å². The molecule has 1 N–H and O–H groups in total. The second-order valence-corrected chi connectivity index (χ2v) is 6.07. The van der Waals surface area contributed by atoms with Crippen molar-refractivity contribution in [2.75, 3.05) is 6.54 Å².